The quantitative estimate of drug-likeness (QED) is 0.533. The van der Waals surface area contributed by atoms with Gasteiger partial charge in [-0.1, -0.05) is 39.0 Å². The van der Waals surface area contributed by atoms with Crippen LogP contribution in [0.4, 0.5) is 4.39 Å². The molecule has 2 N–H and O–H groups in total. The van der Waals surface area contributed by atoms with E-state index in [9.17, 15) is 14.0 Å². The van der Waals surface area contributed by atoms with Crippen LogP contribution in [0, 0.1) is 5.82 Å². The highest BCUT2D eigenvalue weighted by atomic mass is 79.9. The molecule has 0 unspecified atom stereocenters. The predicted octanol–water partition coefficient (Wildman–Crippen LogP) is 4.13. The van der Waals surface area contributed by atoms with Gasteiger partial charge in [0.2, 0.25) is 0 Å². The summed E-state index contributed by atoms with van der Waals surface area (Å²) in [6.45, 7) is 6.07. The van der Waals surface area contributed by atoms with Gasteiger partial charge < -0.3 is 4.74 Å². The van der Waals surface area contributed by atoms with Crippen LogP contribution in [0.2, 0.25) is 0 Å². The first-order valence-corrected chi connectivity index (χ1v) is 9.40. The number of amides is 2. The summed E-state index contributed by atoms with van der Waals surface area (Å²) in [5.41, 5.74) is 6.32. The number of hydrogen-bond donors (Lipinski definition) is 2. The molecule has 0 aliphatic rings. The Bertz CT molecular complexity index is 874. The van der Waals surface area contributed by atoms with Crippen LogP contribution in [0.1, 0.15) is 31.9 Å². The lowest BCUT2D eigenvalue weighted by molar-refractivity contribution is -0.128. The van der Waals surface area contributed by atoms with Crippen molar-refractivity contribution in [2.75, 3.05) is 6.61 Å². The fraction of sp³-hybridized carbons (Fsp3) is 0.238. The molecule has 0 atom stereocenters. The zero-order chi connectivity index (χ0) is 20.7. The van der Waals surface area contributed by atoms with Gasteiger partial charge in [-0.2, -0.15) is 0 Å². The van der Waals surface area contributed by atoms with E-state index in [0.29, 0.717) is 11.3 Å². The van der Waals surface area contributed by atoms with E-state index >= 15 is 0 Å². The van der Waals surface area contributed by atoms with Crippen molar-refractivity contribution in [2.45, 2.75) is 26.2 Å². The van der Waals surface area contributed by atoms with Crippen LogP contribution in [-0.4, -0.2) is 18.4 Å². The maximum atomic E-state index is 12.8. The molecule has 2 rings (SSSR count). The van der Waals surface area contributed by atoms with E-state index in [1.54, 1.807) is 6.07 Å². The summed E-state index contributed by atoms with van der Waals surface area (Å²) in [7, 11) is 0. The molecule has 2 aromatic rings. The van der Waals surface area contributed by atoms with Gasteiger partial charge >= 0.3 is 0 Å². The van der Waals surface area contributed by atoms with E-state index in [2.05, 4.69) is 47.6 Å². The van der Waals surface area contributed by atoms with Gasteiger partial charge in [-0.25, -0.2) is 4.39 Å². The second-order valence-electron chi connectivity index (χ2n) is 7.11. The summed E-state index contributed by atoms with van der Waals surface area (Å²) in [6, 6.07) is 11.4. The number of hydrazine groups is 1. The van der Waals surface area contributed by atoms with E-state index in [-0.39, 0.29) is 17.8 Å². The highest BCUT2D eigenvalue weighted by molar-refractivity contribution is 9.10. The molecular formula is C21H22BrFN2O3. The molecule has 2 amide bonds. The minimum absolute atomic E-state index is 0.00410. The second-order valence-corrected chi connectivity index (χ2v) is 7.96. The van der Waals surface area contributed by atoms with Crippen LogP contribution >= 0.6 is 15.9 Å². The van der Waals surface area contributed by atoms with Crippen molar-refractivity contribution in [1.29, 1.82) is 0 Å². The van der Waals surface area contributed by atoms with Gasteiger partial charge in [0.15, 0.2) is 6.61 Å². The van der Waals surface area contributed by atoms with Gasteiger partial charge in [0.05, 0.1) is 4.47 Å². The number of hydrogen-bond acceptors (Lipinski definition) is 3. The minimum atomic E-state index is -0.520. The summed E-state index contributed by atoms with van der Waals surface area (Å²) < 4.78 is 19.0. The lowest BCUT2D eigenvalue weighted by atomic mass is 9.87. The number of nitrogens with one attached hydrogen (secondary N) is 2. The highest BCUT2D eigenvalue weighted by Gasteiger charge is 2.15. The third-order valence-corrected chi connectivity index (χ3v) is 4.40. The van der Waals surface area contributed by atoms with E-state index in [0.717, 1.165) is 10.0 Å². The molecule has 0 aromatic heterocycles. The van der Waals surface area contributed by atoms with Gasteiger partial charge in [-0.05, 0) is 62.8 Å². The largest absolute Gasteiger partial charge is 0.483 e. The van der Waals surface area contributed by atoms with Crippen LogP contribution in [0.3, 0.4) is 0 Å². The zero-order valence-electron chi connectivity index (χ0n) is 15.9. The lowest BCUT2D eigenvalue weighted by Gasteiger charge is -2.20. The fourth-order valence-electron chi connectivity index (χ4n) is 2.18. The summed E-state index contributed by atoms with van der Waals surface area (Å²) in [5, 5.41) is 0. The smallest absolute Gasteiger partial charge is 0.276 e. The van der Waals surface area contributed by atoms with Crippen LogP contribution in [0.15, 0.2) is 53.0 Å². The van der Waals surface area contributed by atoms with Crippen LogP contribution < -0.4 is 15.6 Å². The molecule has 0 aliphatic carbocycles. The summed E-state index contributed by atoms with van der Waals surface area (Å²) in [6.07, 6.45) is 2.74. The van der Waals surface area contributed by atoms with Crippen LogP contribution in [-0.2, 0) is 15.0 Å². The maximum Gasteiger partial charge on any atom is 0.276 e. The van der Waals surface area contributed by atoms with E-state index in [4.69, 9.17) is 4.74 Å². The Morgan fingerprint density at radius 1 is 1.11 bits per heavy atom. The fourth-order valence-corrected chi connectivity index (χ4v) is 2.68. The van der Waals surface area contributed by atoms with Crippen molar-refractivity contribution in [2.24, 2.45) is 0 Å². The Hall–Kier alpha value is -2.67. The molecule has 2 aromatic carbocycles. The number of rotatable bonds is 5. The number of carbonyl (C=O) groups is 2. The normalized spacial score (nSPS) is 11.3. The molecule has 0 fully saturated rings. The Balaban J connectivity index is 1.79. The standard InChI is InChI=1S/C21H22BrFN2O3/c1-21(2,3)15-7-10-18(17(22)12-15)28-13-20(27)25-24-19(26)11-6-14-4-8-16(23)9-5-14/h4-12H,13H2,1-3H3,(H,24,26)(H,25,27)/b11-6-. The van der Waals surface area contributed by atoms with Crippen molar-refractivity contribution >= 4 is 33.8 Å². The molecule has 28 heavy (non-hydrogen) atoms. The molecule has 0 spiro atoms. The van der Waals surface area contributed by atoms with Gasteiger partial charge in [0, 0.05) is 6.08 Å². The molecule has 0 saturated heterocycles. The third kappa shape index (κ3) is 6.81. The first kappa shape index (κ1) is 21.6. The Morgan fingerprint density at radius 2 is 1.79 bits per heavy atom. The lowest BCUT2D eigenvalue weighted by Crippen LogP contribution is -2.43. The summed E-state index contributed by atoms with van der Waals surface area (Å²) in [5.74, 6) is -0.844. The van der Waals surface area contributed by atoms with Crippen molar-refractivity contribution in [1.82, 2.24) is 10.9 Å². The first-order valence-electron chi connectivity index (χ1n) is 8.60. The molecule has 7 heteroatoms. The van der Waals surface area contributed by atoms with Gasteiger partial charge in [0.25, 0.3) is 11.8 Å². The highest BCUT2D eigenvalue weighted by Crippen LogP contribution is 2.31. The average molecular weight is 449 g/mol. The number of benzene rings is 2. The number of halogens is 2. The Labute approximate surface area is 172 Å². The van der Waals surface area contributed by atoms with Crippen molar-refractivity contribution in [3.05, 3.63) is 70.0 Å². The molecule has 5 nitrogen and oxygen atoms in total. The summed E-state index contributed by atoms with van der Waals surface area (Å²) in [4.78, 5) is 23.6. The molecular weight excluding hydrogens is 427 g/mol. The molecule has 0 radical (unpaired) electrons. The molecule has 148 valence electrons. The van der Waals surface area contributed by atoms with Gasteiger partial charge in [-0.15, -0.1) is 0 Å². The molecule has 0 aliphatic heterocycles. The Morgan fingerprint density at radius 3 is 2.39 bits per heavy atom. The van der Waals surface area contributed by atoms with Crippen molar-refractivity contribution < 1.29 is 18.7 Å². The zero-order valence-corrected chi connectivity index (χ0v) is 17.5. The number of ether oxygens (including phenoxy) is 1. The maximum absolute atomic E-state index is 12.8. The van der Waals surface area contributed by atoms with Gasteiger partial charge in [-0.3, -0.25) is 20.4 Å². The molecule has 0 heterocycles. The topological polar surface area (TPSA) is 67.4 Å². The molecule has 0 saturated carbocycles. The first-order chi connectivity index (χ1) is 13.1. The Kier molecular flexibility index (Phi) is 7.34. The third-order valence-electron chi connectivity index (χ3n) is 3.78. The van der Waals surface area contributed by atoms with E-state index < -0.39 is 11.8 Å². The number of carbonyl (C=O) groups excluding carboxylic acids is 2. The van der Waals surface area contributed by atoms with Crippen LogP contribution in [0.25, 0.3) is 6.08 Å². The van der Waals surface area contributed by atoms with Gasteiger partial charge in [0.1, 0.15) is 11.6 Å². The SMILES string of the molecule is CC(C)(C)c1ccc(OCC(=O)NNC(=O)/C=C\c2ccc(F)cc2)c(Br)c1. The minimum Gasteiger partial charge on any atom is -0.483 e. The molecule has 0 bridgehead atoms. The van der Waals surface area contributed by atoms with Crippen molar-refractivity contribution in [3.8, 4) is 5.75 Å². The van der Waals surface area contributed by atoms with E-state index in [1.165, 1.54) is 36.4 Å². The average Bonchev–Trinajstić information content (AvgIpc) is 2.64. The monoisotopic (exact) mass is 448 g/mol. The second kappa shape index (κ2) is 9.50. The van der Waals surface area contributed by atoms with Crippen molar-refractivity contribution in [3.63, 3.8) is 0 Å². The van der Waals surface area contributed by atoms with Crippen LogP contribution in [0.5, 0.6) is 5.75 Å². The van der Waals surface area contributed by atoms with E-state index in [1.807, 2.05) is 12.1 Å². The summed E-state index contributed by atoms with van der Waals surface area (Å²) >= 11 is 3.44. The predicted molar refractivity (Wildman–Crippen MR) is 110 cm³/mol.